The minimum absolute atomic E-state index is 0.291. The lowest BCUT2D eigenvalue weighted by molar-refractivity contribution is -0.120. The summed E-state index contributed by atoms with van der Waals surface area (Å²) >= 11 is 0. The highest BCUT2D eigenvalue weighted by atomic mass is 16.7. The highest BCUT2D eigenvalue weighted by Crippen LogP contribution is 2.68. The first-order valence-electron chi connectivity index (χ1n) is 5.74. The number of carbonyl (C=O) groups excluding carboxylic acids is 1. The van der Waals surface area contributed by atoms with Crippen molar-refractivity contribution in [3.8, 4) is 11.5 Å². The zero-order valence-electron chi connectivity index (χ0n) is 8.81. The molecule has 1 heterocycles. The summed E-state index contributed by atoms with van der Waals surface area (Å²) in [5.74, 6) is 3.85. The van der Waals surface area contributed by atoms with Gasteiger partial charge in [-0.15, -0.1) is 0 Å². The number of rotatable bonds is 3. The molecule has 2 saturated carbocycles. The monoisotopic (exact) mass is 216 g/mol. The number of benzene rings is 1. The van der Waals surface area contributed by atoms with Crippen molar-refractivity contribution >= 4 is 5.78 Å². The van der Waals surface area contributed by atoms with Gasteiger partial charge >= 0.3 is 0 Å². The van der Waals surface area contributed by atoms with Crippen molar-refractivity contribution in [2.75, 3.05) is 6.79 Å². The summed E-state index contributed by atoms with van der Waals surface area (Å²) in [6, 6.07) is 5.77. The van der Waals surface area contributed by atoms with Gasteiger partial charge in [-0.1, -0.05) is 6.07 Å². The van der Waals surface area contributed by atoms with E-state index < -0.39 is 0 Å². The van der Waals surface area contributed by atoms with E-state index in [9.17, 15) is 4.79 Å². The van der Waals surface area contributed by atoms with Gasteiger partial charge in [-0.3, -0.25) is 4.79 Å². The van der Waals surface area contributed by atoms with Gasteiger partial charge in [0.25, 0.3) is 0 Å². The van der Waals surface area contributed by atoms with Gasteiger partial charge in [-0.25, -0.2) is 0 Å². The van der Waals surface area contributed by atoms with E-state index in [1.165, 1.54) is 6.42 Å². The molecule has 3 heteroatoms. The van der Waals surface area contributed by atoms with Crippen molar-refractivity contribution in [1.29, 1.82) is 0 Å². The smallest absolute Gasteiger partial charge is 0.231 e. The molecular weight excluding hydrogens is 204 g/mol. The number of ether oxygens (including phenoxy) is 2. The van der Waals surface area contributed by atoms with Crippen LogP contribution in [0.3, 0.4) is 0 Å². The van der Waals surface area contributed by atoms with Crippen molar-refractivity contribution in [2.45, 2.75) is 12.8 Å². The summed E-state index contributed by atoms with van der Waals surface area (Å²) in [6.07, 6.45) is 1.84. The second-order valence-corrected chi connectivity index (χ2v) is 4.92. The van der Waals surface area contributed by atoms with Crippen molar-refractivity contribution < 1.29 is 14.3 Å². The Morgan fingerprint density at radius 3 is 2.81 bits per heavy atom. The largest absolute Gasteiger partial charge is 0.454 e. The zero-order valence-corrected chi connectivity index (χ0v) is 8.81. The van der Waals surface area contributed by atoms with Crippen molar-refractivity contribution in [3.05, 3.63) is 23.8 Å². The van der Waals surface area contributed by atoms with Crippen LogP contribution in [0.25, 0.3) is 0 Å². The third kappa shape index (κ3) is 1.17. The topological polar surface area (TPSA) is 35.5 Å². The van der Waals surface area contributed by atoms with Crippen LogP contribution in [0.15, 0.2) is 18.2 Å². The number of hydrogen-bond acceptors (Lipinski definition) is 3. The number of Topliss-reactive ketones (excluding diaryl/α,β-unsaturated/α-hetero) is 1. The van der Waals surface area contributed by atoms with E-state index in [-0.39, 0.29) is 0 Å². The minimum Gasteiger partial charge on any atom is -0.454 e. The van der Waals surface area contributed by atoms with Crippen LogP contribution in [0.4, 0.5) is 0 Å². The predicted octanol–water partition coefficient (Wildman–Crippen LogP) is 1.79. The van der Waals surface area contributed by atoms with Gasteiger partial charge in [0, 0.05) is 12.3 Å². The molecule has 1 aromatic rings. The molecule has 16 heavy (non-hydrogen) atoms. The second kappa shape index (κ2) is 2.78. The summed E-state index contributed by atoms with van der Waals surface area (Å²) in [5.41, 5.74) is 1.04. The molecule has 2 unspecified atom stereocenters. The maximum Gasteiger partial charge on any atom is 0.231 e. The Morgan fingerprint density at radius 2 is 2.06 bits per heavy atom. The molecule has 0 aromatic heterocycles. The van der Waals surface area contributed by atoms with Crippen molar-refractivity contribution in [1.82, 2.24) is 0 Å². The number of ketones is 1. The first-order chi connectivity index (χ1) is 7.83. The van der Waals surface area contributed by atoms with E-state index in [2.05, 4.69) is 0 Å². The lowest BCUT2D eigenvalue weighted by Gasteiger charge is -2.04. The zero-order chi connectivity index (χ0) is 10.7. The summed E-state index contributed by atoms with van der Waals surface area (Å²) < 4.78 is 10.5. The van der Waals surface area contributed by atoms with Crippen LogP contribution in [-0.2, 0) is 11.2 Å². The van der Waals surface area contributed by atoms with Gasteiger partial charge in [0.05, 0.1) is 0 Å². The Labute approximate surface area is 93.4 Å². The van der Waals surface area contributed by atoms with Crippen LogP contribution in [0, 0.1) is 17.8 Å². The average molecular weight is 216 g/mol. The quantitative estimate of drug-likeness (QED) is 0.772. The van der Waals surface area contributed by atoms with Crippen LogP contribution in [-0.4, -0.2) is 12.6 Å². The minimum atomic E-state index is 0.291. The molecule has 0 bridgehead atoms. The fraction of sp³-hybridized carbons (Fsp3) is 0.462. The molecule has 2 atom stereocenters. The van der Waals surface area contributed by atoms with E-state index in [4.69, 9.17) is 9.47 Å². The van der Waals surface area contributed by atoms with Crippen molar-refractivity contribution in [2.24, 2.45) is 17.8 Å². The SMILES string of the molecule is O=C(Cc1ccc2c(c1)OCO2)C1C2CC21. The molecule has 3 aliphatic rings. The second-order valence-electron chi connectivity index (χ2n) is 4.92. The molecular formula is C13H12O3. The number of hydrogen-bond donors (Lipinski definition) is 0. The Morgan fingerprint density at radius 1 is 1.25 bits per heavy atom. The molecule has 3 nitrogen and oxygen atoms in total. The summed E-state index contributed by atoms with van der Waals surface area (Å²) in [4.78, 5) is 11.8. The summed E-state index contributed by atoms with van der Waals surface area (Å²) in [6.45, 7) is 0.291. The maximum atomic E-state index is 11.8. The van der Waals surface area contributed by atoms with Gasteiger partial charge in [0.2, 0.25) is 6.79 Å². The molecule has 1 aliphatic heterocycles. The molecule has 2 aliphatic carbocycles. The van der Waals surface area contributed by atoms with Crippen LogP contribution in [0.2, 0.25) is 0 Å². The summed E-state index contributed by atoms with van der Waals surface area (Å²) in [7, 11) is 0. The first-order valence-corrected chi connectivity index (χ1v) is 5.74. The Hall–Kier alpha value is -1.51. The van der Waals surface area contributed by atoms with Gasteiger partial charge in [-0.05, 0) is 36.0 Å². The Kier molecular flexibility index (Phi) is 1.50. The Balaban J connectivity index is 1.52. The molecule has 0 spiro atoms. The van der Waals surface area contributed by atoms with Crippen LogP contribution in [0.1, 0.15) is 12.0 Å². The number of carbonyl (C=O) groups is 1. The van der Waals surface area contributed by atoms with E-state index in [0.29, 0.717) is 24.9 Å². The fourth-order valence-electron chi connectivity index (χ4n) is 2.63. The highest BCUT2D eigenvalue weighted by molar-refractivity contribution is 5.88. The average Bonchev–Trinajstić information content (AvgIpc) is 3.09. The van der Waals surface area contributed by atoms with Crippen molar-refractivity contribution in [3.63, 3.8) is 0 Å². The van der Waals surface area contributed by atoms with E-state index >= 15 is 0 Å². The Bertz CT molecular complexity index is 472. The van der Waals surface area contributed by atoms with Crippen LogP contribution < -0.4 is 9.47 Å². The predicted molar refractivity (Wildman–Crippen MR) is 56.4 cm³/mol. The molecule has 82 valence electrons. The van der Waals surface area contributed by atoms with Gasteiger partial charge in [-0.2, -0.15) is 0 Å². The molecule has 0 saturated heterocycles. The standard InChI is InChI=1S/C13H12O3/c14-10(13-8-5-9(8)13)3-7-1-2-11-12(4-7)16-6-15-11/h1-2,4,8-9,13H,3,5-6H2. The molecule has 1 aromatic carbocycles. The lowest BCUT2D eigenvalue weighted by atomic mass is 10.0. The molecule has 0 amide bonds. The normalized spacial score (nSPS) is 32.1. The fourth-order valence-corrected chi connectivity index (χ4v) is 2.63. The molecule has 0 N–H and O–H groups in total. The highest BCUT2D eigenvalue weighted by Gasteiger charge is 2.66. The lowest BCUT2D eigenvalue weighted by Crippen LogP contribution is -2.10. The number of fused-ring (bicyclic) bond motifs is 2. The molecule has 0 radical (unpaired) electrons. The van der Waals surface area contributed by atoms with Gasteiger partial charge in [0.15, 0.2) is 11.5 Å². The van der Waals surface area contributed by atoms with Gasteiger partial charge in [0.1, 0.15) is 5.78 Å². The van der Waals surface area contributed by atoms with Gasteiger partial charge < -0.3 is 9.47 Å². The van der Waals surface area contributed by atoms with E-state index in [1.807, 2.05) is 18.2 Å². The van der Waals surface area contributed by atoms with E-state index in [1.54, 1.807) is 0 Å². The third-order valence-corrected chi connectivity index (χ3v) is 3.86. The summed E-state index contributed by atoms with van der Waals surface area (Å²) in [5, 5.41) is 0. The van der Waals surface area contributed by atoms with Crippen LogP contribution >= 0.6 is 0 Å². The maximum absolute atomic E-state index is 11.8. The van der Waals surface area contributed by atoms with Crippen LogP contribution in [0.5, 0.6) is 11.5 Å². The molecule has 2 fully saturated rings. The third-order valence-electron chi connectivity index (χ3n) is 3.86. The van der Waals surface area contributed by atoms with E-state index in [0.717, 1.165) is 28.9 Å². The first kappa shape index (κ1) is 8.62. The molecule has 4 rings (SSSR count).